The number of nitrogens with zero attached hydrogens (tertiary/aromatic N) is 3. The van der Waals surface area contributed by atoms with E-state index in [1.54, 1.807) is 6.20 Å². The topological polar surface area (TPSA) is 85.3 Å². The van der Waals surface area contributed by atoms with E-state index in [0.717, 1.165) is 52.0 Å². The Bertz CT molecular complexity index is 909. The lowest BCUT2D eigenvalue weighted by atomic mass is 9.65. The van der Waals surface area contributed by atoms with Crippen LogP contribution in [0.4, 0.5) is 4.39 Å². The first kappa shape index (κ1) is 25.7. The fourth-order valence-electron chi connectivity index (χ4n) is 8.33. The second-order valence-corrected chi connectivity index (χ2v) is 12.5. The Morgan fingerprint density at radius 1 is 1.14 bits per heavy atom. The number of carboxylic acid groups (broad SMARTS) is 1. The van der Waals surface area contributed by atoms with Gasteiger partial charge in [-0.2, -0.15) is 0 Å². The van der Waals surface area contributed by atoms with Crippen molar-refractivity contribution in [2.75, 3.05) is 46.3 Å². The maximum atomic E-state index is 15.7. The number of hydrogen-bond donors (Lipinski definition) is 2. The molecule has 37 heavy (non-hydrogen) atoms. The molecule has 5 fully saturated rings. The monoisotopic (exact) mass is 518 g/mol. The molecule has 9 unspecified atom stereocenters. The highest BCUT2D eigenvalue weighted by molar-refractivity contribution is 6.18. The van der Waals surface area contributed by atoms with Crippen LogP contribution in [0.15, 0.2) is 11.8 Å². The number of rotatable bonds is 6. The highest BCUT2D eigenvalue weighted by Crippen LogP contribution is 2.50. The van der Waals surface area contributed by atoms with E-state index in [0.29, 0.717) is 18.4 Å². The molecule has 0 aromatic heterocycles. The number of alkyl halides is 1. The molecule has 3 aliphatic carbocycles. The molecule has 206 valence electrons. The fourth-order valence-corrected chi connectivity index (χ4v) is 8.33. The van der Waals surface area contributed by atoms with Gasteiger partial charge in [0.2, 0.25) is 0 Å². The van der Waals surface area contributed by atoms with Crippen LogP contribution in [0.5, 0.6) is 0 Å². The molecule has 0 aromatic rings. The zero-order valence-corrected chi connectivity index (χ0v) is 22.1. The molecule has 6 aliphatic rings. The number of nitrogens with one attached hydrogen (secondary N) is 1. The SMILES string of the molecule is CN1CCN(CCCNC2C(F)CC3C(=O)C(C(=O)O)=CN4C5CC6CCCCC6CC5OC2C34)CC1. The van der Waals surface area contributed by atoms with Crippen molar-refractivity contribution in [3.05, 3.63) is 11.8 Å². The zero-order valence-electron chi connectivity index (χ0n) is 22.1. The summed E-state index contributed by atoms with van der Waals surface area (Å²) >= 11 is 0. The van der Waals surface area contributed by atoms with Crippen LogP contribution >= 0.6 is 0 Å². The minimum absolute atomic E-state index is 0.0410. The summed E-state index contributed by atoms with van der Waals surface area (Å²) in [5.74, 6) is -1.02. The van der Waals surface area contributed by atoms with Crippen molar-refractivity contribution < 1.29 is 23.8 Å². The molecule has 0 amide bonds. The summed E-state index contributed by atoms with van der Waals surface area (Å²) in [6, 6.07) is -0.701. The van der Waals surface area contributed by atoms with Crippen molar-refractivity contribution in [3.63, 3.8) is 0 Å². The Morgan fingerprint density at radius 3 is 2.59 bits per heavy atom. The molecule has 0 spiro atoms. The van der Waals surface area contributed by atoms with Crippen molar-refractivity contribution in [2.24, 2.45) is 17.8 Å². The maximum Gasteiger partial charge on any atom is 0.340 e. The van der Waals surface area contributed by atoms with Gasteiger partial charge in [0.05, 0.1) is 30.3 Å². The number of carbonyl (C=O) groups is 2. The Morgan fingerprint density at radius 2 is 1.86 bits per heavy atom. The summed E-state index contributed by atoms with van der Waals surface area (Å²) in [6.07, 6.45) is 7.77. The zero-order chi connectivity index (χ0) is 25.7. The van der Waals surface area contributed by atoms with Gasteiger partial charge in [0.1, 0.15) is 11.7 Å². The summed E-state index contributed by atoms with van der Waals surface area (Å²) in [5.41, 5.74) is -0.183. The first-order valence-electron chi connectivity index (χ1n) is 14.6. The third-order valence-electron chi connectivity index (χ3n) is 10.3. The number of piperazine rings is 1. The number of halogens is 1. The molecule has 3 heterocycles. The molecule has 2 saturated heterocycles. The minimum Gasteiger partial charge on any atom is -0.478 e. The first-order chi connectivity index (χ1) is 17.9. The van der Waals surface area contributed by atoms with E-state index in [1.807, 2.05) is 0 Å². The van der Waals surface area contributed by atoms with Gasteiger partial charge in [-0.05, 0) is 57.7 Å². The summed E-state index contributed by atoms with van der Waals surface area (Å²) in [4.78, 5) is 32.2. The second-order valence-electron chi connectivity index (χ2n) is 12.5. The van der Waals surface area contributed by atoms with Crippen LogP contribution in [0.3, 0.4) is 0 Å². The van der Waals surface area contributed by atoms with E-state index in [9.17, 15) is 14.7 Å². The second kappa shape index (κ2) is 10.5. The number of morpholine rings is 1. The smallest absolute Gasteiger partial charge is 0.340 e. The fraction of sp³-hybridized carbons (Fsp3) is 0.857. The molecule has 0 aromatic carbocycles. The molecule has 3 saturated carbocycles. The van der Waals surface area contributed by atoms with E-state index >= 15 is 4.39 Å². The highest BCUT2D eigenvalue weighted by atomic mass is 19.1. The first-order valence-corrected chi connectivity index (χ1v) is 14.6. The van der Waals surface area contributed by atoms with Gasteiger partial charge in [-0.15, -0.1) is 0 Å². The number of hydrogen-bond acceptors (Lipinski definition) is 7. The van der Waals surface area contributed by atoms with Gasteiger partial charge >= 0.3 is 5.97 Å². The predicted molar refractivity (Wildman–Crippen MR) is 137 cm³/mol. The number of Topliss-reactive ketones (excluding diaryl/α,β-unsaturated/α-hetero) is 1. The number of likely N-dealkylation sites (N-methyl/N-ethyl adjacent to an activating group) is 1. The third-order valence-corrected chi connectivity index (χ3v) is 10.3. The number of carbonyl (C=O) groups excluding carboxylic acids is 1. The van der Waals surface area contributed by atoms with E-state index < -0.39 is 36.0 Å². The lowest BCUT2D eigenvalue weighted by Gasteiger charge is -2.60. The number of aliphatic carboxylic acids is 1. The van der Waals surface area contributed by atoms with Crippen LogP contribution in [0.25, 0.3) is 0 Å². The normalized spacial score (nSPS) is 42.4. The van der Waals surface area contributed by atoms with Crippen LogP contribution < -0.4 is 5.32 Å². The maximum absolute atomic E-state index is 15.7. The quantitative estimate of drug-likeness (QED) is 0.408. The van der Waals surface area contributed by atoms with Gasteiger partial charge in [0.25, 0.3) is 0 Å². The van der Waals surface area contributed by atoms with Crippen LogP contribution in [0.2, 0.25) is 0 Å². The average molecular weight is 519 g/mol. The Kier molecular flexibility index (Phi) is 7.33. The van der Waals surface area contributed by atoms with Crippen molar-refractivity contribution in [1.82, 2.24) is 20.0 Å². The number of ketones is 1. The molecule has 8 nitrogen and oxygen atoms in total. The lowest BCUT2D eigenvalue weighted by molar-refractivity contribution is -0.208. The van der Waals surface area contributed by atoms with Crippen molar-refractivity contribution in [2.45, 2.75) is 87.9 Å². The Hall–Kier alpha value is -1.55. The molecular weight excluding hydrogens is 475 g/mol. The molecule has 6 rings (SSSR count). The van der Waals surface area contributed by atoms with Gasteiger partial charge in [0, 0.05) is 38.3 Å². The van der Waals surface area contributed by atoms with E-state index in [4.69, 9.17) is 4.74 Å². The standard InChI is InChI=1S/C28H43FN4O4/c1-31-9-11-32(12-10-31)8-4-7-30-24-21(29)15-19-25-27(24)37-23-14-18-6-3-2-5-17(18)13-22(23)33(25)16-20(26(19)34)28(35)36/h16-19,21-25,27,30H,2-15H2,1H3,(H,35,36). The third kappa shape index (κ3) is 4.85. The summed E-state index contributed by atoms with van der Waals surface area (Å²) < 4.78 is 22.5. The van der Waals surface area contributed by atoms with Crippen molar-refractivity contribution in [3.8, 4) is 0 Å². The van der Waals surface area contributed by atoms with Gasteiger partial charge in [-0.3, -0.25) is 4.79 Å². The van der Waals surface area contributed by atoms with E-state index in [2.05, 4.69) is 27.1 Å². The van der Waals surface area contributed by atoms with Crippen LogP contribution in [-0.4, -0.2) is 114 Å². The molecule has 9 atom stereocenters. The number of ether oxygens (including phenoxy) is 1. The summed E-state index contributed by atoms with van der Waals surface area (Å²) in [5, 5.41) is 13.3. The molecule has 0 radical (unpaired) electrons. The van der Waals surface area contributed by atoms with Gasteiger partial charge in [0.15, 0.2) is 5.78 Å². The van der Waals surface area contributed by atoms with Gasteiger partial charge in [-0.1, -0.05) is 25.7 Å². The molecule has 3 aliphatic heterocycles. The van der Waals surface area contributed by atoms with Crippen LogP contribution in [0, 0.1) is 17.8 Å². The highest BCUT2D eigenvalue weighted by Gasteiger charge is 2.59. The molecular formula is C28H43FN4O4. The predicted octanol–water partition coefficient (Wildman–Crippen LogP) is 1.90. The van der Waals surface area contributed by atoms with Gasteiger partial charge in [-0.25, -0.2) is 9.18 Å². The van der Waals surface area contributed by atoms with E-state index in [1.165, 1.54) is 25.7 Å². The Labute approximate surface area is 219 Å². The molecule has 0 bridgehead atoms. The Balaban J connectivity index is 1.20. The summed E-state index contributed by atoms with van der Waals surface area (Å²) in [7, 11) is 2.15. The van der Waals surface area contributed by atoms with E-state index in [-0.39, 0.29) is 30.2 Å². The lowest BCUT2D eigenvalue weighted by Crippen LogP contribution is -2.73. The van der Waals surface area contributed by atoms with Crippen LogP contribution in [0.1, 0.15) is 51.4 Å². The molecule has 9 heteroatoms. The van der Waals surface area contributed by atoms with Crippen LogP contribution in [-0.2, 0) is 14.3 Å². The van der Waals surface area contributed by atoms with Crippen molar-refractivity contribution >= 4 is 11.8 Å². The molecule has 2 N–H and O–H groups in total. The minimum atomic E-state index is -1.24. The largest absolute Gasteiger partial charge is 0.478 e. The number of carboxylic acids is 1. The summed E-state index contributed by atoms with van der Waals surface area (Å²) in [6.45, 7) is 6.01. The average Bonchev–Trinajstić information content (AvgIpc) is 2.89. The number of fused-ring (bicyclic) bond motifs is 3. The van der Waals surface area contributed by atoms with Crippen molar-refractivity contribution in [1.29, 1.82) is 0 Å². The van der Waals surface area contributed by atoms with Gasteiger partial charge < -0.3 is 29.9 Å².